The number of aromatic nitrogens is 3. The molecule has 2 fully saturated rings. The lowest BCUT2D eigenvalue weighted by molar-refractivity contribution is -0.143. The van der Waals surface area contributed by atoms with Gasteiger partial charge < -0.3 is 9.80 Å². The lowest BCUT2D eigenvalue weighted by Crippen LogP contribution is -2.52. The Morgan fingerprint density at radius 1 is 1.21 bits per heavy atom. The van der Waals surface area contributed by atoms with E-state index in [-0.39, 0.29) is 17.7 Å². The van der Waals surface area contributed by atoms with Crippen molar-refractivity contribution < 1.29 is 9.59 Å². The van der Waals surface area contributed by atoms with Gasteiger partial charge in [0.15, 0.2) is 10.6 Å². The topological polar surface area (TPSA) is 74.2 Å². The van der Waals surface area contributed by atoms with Gasteiger partial charge in [-0.05, 0) is 43.4 Å². The number of nitrogens with one attached hydrogen (secondary N) is 1. The summed E-state index contributed by atoms with van der Waals surface area (Å²) in [6.07, 6.45) is 4.34. The van der Waals surface area contributed by atoms with Gasteiger partial charge in [0, 0.05) is 32.1 Å². The fourth-order valence-electron chi connectivity index (χ4n) is 4.20. The molecule has 28 heavy (non-hydrogen) atoms. The molecule has 1 aliphatic carbocycles. The normalized spacial score (nSPS) is 19.2. The Morgan fingerprint density at radius 2 is 1.89 bits per heavy atom. The van der Waals surface area contributed by atoms with Gasteiger partial charge in [-0.3, -0.25) is 19.3 Å². The van der Waals surface area contributed by atoms with Crippen molar-refractivity contribution in [1.29, 1.82) is 0 Å². The van der Waals surface area contributed by atoms with E-state index < -0.39 is 6.04 Å². The van der Waals surface area contributed by atoms with Crippen molar-refractivity contribution in [2.75, 3.05) is 26.2 Å². The number of rotatable bonds is 4. The SMILES string of the molecule is CC(C(=O)N1CCN(C(=O)C2CCCC2)CC1)n1c(-c2cccs2)n[nH]c1=S. The van der Waals surface area contributed by atoms with E-state index in [9.17, 15) is 9.59 Å². The predicted octanol–water partition coefficient (Wildman–Crippen LogP) is 3.09. The van der Waals surface area contributed by atoms with Crippen LogP contribution in [0.15, 0.2) is 17.5 Å². The van der Waals surface area contributed by atoms with Crippen molar-refractivity contribution in [3.8, 4) is 10.7 Å². The maximum Gasteiger partial charge on any atom is 0.245 e. The second-order valence-electron chi connectivity index (χ2n) is 7.51. The molecule has 1 aliphatic heterocycles. The first-order valence-corrected chi connectivity index (χ1v) is 11.1. The largest absolute Gasteiger partial charge is 0.339 e. The minimum Gasteiger partial charge on any atom is -0.339 e. The Balaban J connectivity index is 1.43. The summed E-state index contributed by atoms with van der Waals surface area (Å²) >= 11 is 6.95. The number of hydrogen-bond acceptors (Lipinski definition) is 5. The third kappa shape index (κ3) is 3.65. The fourth-order valence-corrected chi connectivity index (χ4v) is 5.20. The molecule has 0 radical (unpaired) electrons. The maximum absolute atomic E-state index is 13.1. The minimum atomic E-state index is -0.444. The summed E-state index contributed by atoms with van der Waals surface area (Å²) in [5.74, 6) is 1.17. The van der Waals surface area contributed by atoms with Gasteiger partial charge in [0.2, 0.25) is 11.8 Å². The molecule has 1 atom stereocenters. The zero-order valence-corrected chi connectivity index (χ0v) is 17.6. The summed E-state index contributed by atoms with van der Waals surface area (Å²) in [5, 5.41) is 9.11. The summed E-state index contributed by atoms with van der Waals surface area (Å²) in [7, 11) is 0. The third-order valence-electron chi connectivity index (χ3n) is 5.80. The molecule has 150 valence electrons. The number of aromatic amines is 1. The highest BCUT2D eigenvalue weighted by Gasteiger charge is 2.32. The van der Waals surface area contributed by atoms with Crippen molar-refractivity contribution in [1.82, 2.24) is 24.6 Å². The fraction of sp³-hybridized carbons (Fsp3) is 0.579. The van der Waals surface area contributed by atoms with Crippen LogP contribution >= 0.6 is 23.6 Å². The molecule has 3 heterocycles. The monoisotopic (exact) mass is 419 g/mol. The minimum absolute atomic E-state index is 0.0169. The van der Waals surface area contributed by atoms with Gasteiger partial charge in [-0.1, -0.05) is 18.9 Å². The molecular formula is C19H25N5O2S2. The zero-order valence-electron chi connectivity index (χ0n) is 16.0. The summed E-state index contributed by atoms with van der Waals surface area (Å²) in [6.45, 7) is 4.23. The molecule has 0 bridgehead atoms. The van der Waals surface area contributed by atoms with Crippen LogP contribution in [0.2, 0.25) is 0 Å². The van der Waals surface area contributed by atoms with Crippen LogP contribution in [-0.4, -0.2) is 62.6 Å². The average molecular weight is 420 g/mol. The van der Waals surface area contributed by atoms with E-state index in [4.69, 9.17) is 12.2 Å². The quantitative estimate of drug-likeness (QED) is 0.773. The van der Waals surface area contributed by atoms with Gasteiger partial charge in [-0.2, -0.15) is 5.10 Å². The molecule has 1 unspecified atom stereocenters. The van der Waals surface area contributed by atoms with Gasteiger partial charge in [0.05, 0.1) is 4.88 Å². The zero-order chi connectivity index (χ0) is 19.7. The van der Waals surface area contributed by atoms with E-state index >= 15 is 0 Å². The van der Waals surface area contributed by atoms with Gasteiger partial charge in [0.25, 0.3) is 0 Å². The highest BCUT2D eigenvalue weighted by Crippen LogP contribution is 2.28. The molecular weight excluding hydrogens is 394 g/mol. The molecule has 2 amide bonds. The van der Waals surface area contributed by atoms with Crippen LogP contribution in [0.25, 0.3) is 10.7 Å². The molecule has 4 rings (SSSR count). The molecule has 2 aromatic rings. The van der Waals surface area contributed by atoms with E-state index in [0.29, 0.717) is 36.8 Å². The lowest BCUT2D eigenvalue weighted by atomic mass is 10.1. The highest BCUT2D eigenvalue weighted by molar-refractivity contribution is 7.71. The number of hydrogen-bond donors (Lipinski definition) is 1. The summed E-state index contributed by atoms with van der Waals surface area (Å²) in [5.41, 5.74) is 0. The smallest absolute Gasteiger partial charge is 0.245 e. The van der Waals surface area contributed by atoms with Crippen LogP contribution in [0.5, 0.6) is 0 Å². The van der Waals surface area contributed by atoms with Crippen LogP contribution in [-0.2, 0) is 9.59 Å². The average Bonchev–Trinajstić information content (AvgIpc) is 3.47. The standard InChI is InChI=1S/C19H25N5O2S2/c1-13(24-16(20-21-19(24)27)15-7-4-12-28-15)17(25)22-8-10-23(11-9-22)18(26)14-5-2-3-6-14/h4,7,12-14H,2-3,5-6,8-11H2,1H3,(H,21,27). The van der Waals surface area contributed by atoms with Gasteiger partial charge in [-0.15, -0.1) is 11.3 Å². The number of thiophene rings is 1. The third-order valence-corrected chi connectivity index (χ3v) is 6.95. The molecule has 2 aliphatic rings. The molecule has 1 N–H and O–H groups in total. The van der Waals surface area contributed by atoms with Crippen molar-refractivity contribution >= 4 is 35.4 Å². The van der Waals surface area contributed by atoms with Crippen LogP contribution < -0.4 is 0 Å². The number of piperazine rings is 1. The number of H-pyrrole nitrogens is 1. The number of carbonyl (C=O) groups excluding carboxylic acids is 2. The molecule has 2 aromatic heterocycles. The van der Waals surface area contributed by atoms with Gasteiger partial charge in [0.1, 0.15) is 6.04 Å². The summed E-state index contributed by atoms with van der Waals surface area (Å²) < 4.78 is 2.24. The Hall–Kier alpha value is -2.00. The molecule has 9 heteroatoms. The second-order valence-corrected chi connectivity index (χ2v) is 8.84. The van der Waals surface area contributed by atoms with E-state index in [2.05, 4.69) is 10.2 Å². The van der Waals surface area contributed by atoms with Crippen LogP contribution in [0.3, 0.4) is 0 Å². The first kappa shape index (κ1) is 19.3. The molecule has 7 nitrogen and oxygen atoms in total. The molecule has 0 aromatic carbocycles. The highest BCUT2D eigenvalue weighted by atomic mass is 32.1. The second kappa shape index (κ2) is 8.16. The van der Waals surface area contributed by atoms with E-state index in [1.165, 1.54) is 0 Å². The Labute approximate surface area is 173 Å². The number of nitrogens with zero attached hydrogens (tertiary/aromatic N) is 4. The Bertz CT molecular complexity index is 890. The Morgan fingerprint density at radius 3 is 2.54 bits per heavy atom. The molecule has 1 saturated carbocycles. The first-order valence-electron chi connectivity index (χ1n) is 9.84. The maximum atomic E-state index is 13.1. The van der Waals surface area contributed by atoms with Crippen molar-refractivity contribution in [2.24, 2.45) is 5.92 Å². The van der Waals surface area contributed by atoms with Crippen LogP contribution in [0, 0.1) is 10.7 Å². The van der Waals surface area contributed by atoms with Crippen molar-refractivity contribution in [3.63, 3.8) is 0 Å². The van der Waals surface area contributed by atoms with Crippen molar-refractivity contribution in [3.05, 3.63) is 22.3 Å². The van der Waals surface area contributed by atoms with Crippen molar-refractivity contribution in [2.45, 2.75) is 38.6 Å². The summed E-state index contributed by atoms with van der Waals surface area (Å²) in [4.78, 5) is 30.5. The van der Waals surface area contributed by atoms with Crippen LogP contribution in [0.1, 0.15) is 38.6 Å². The summed E-state index contributed by atoms with van der Waals surface area (Å²) in [6, 6.07) is 3.48. The van der Waals surface area contributed by atoms with E-state index in [1.807, 2.05) is 34.2 Å². The molecule has 1 saturated heterocycles. The number of amides is 2. The van der Waals surface area contributed by atoms with Gasteiger partial charge in [-0.25, -0.2) is 0 Å². The molecule has 0 spiro atoms. The van der Waals surface area contributed by atoms with Crippen LogP contribution in [0.4, 0.5) is 0 Å². The number of carbonyl (C=O) groups is 2. The Kier molecular flexibility index (Phi) is 5.63. The van der Waals surface area contributed by atoms with Gasteiger partial charge >= 0.3 is 0 Å². The van der Waals surface area contributed by atoms with E-state index in [1.54, 1.807) is 15.9 Å². The van der Waals surface area contributed by atoms with E-state index in [0.717, 1.165) is 30.6 Å². The first-order chi connectivity index (χ1) is 13.6. The lowest BCUT2D eigenvalue weighted by Gasteiger charge is -2.37. The predicted molar refractivity (Wildman–Crippen MR) is 111 cm³/mol.